The summed E-state index contributed by atoms with van der Waals surface area (Å²) in [7, 11) is 0. The van der Waals surface area contributed by atoms with Crippen LogP contribution in [-0.4, -0.2) is 28.0 Å². The lowest BCUT2D eigenvalue weighted by Gasteiger charge is -2.19. The topological polar surface area (TPSA) is 82.2 Å². The van der Waals surface area contributed by atoms with Crippen LogP contribution >= 0.6 is 23.2 Å². The van der Waals surface area contributed by atoms with E-state index in [1.54, 1.807) is 25.1 Å². The Morgan fingerprint density at radius 2 is 2.05 bits per heavy atom. The van der Waals surface area contributed by atoms with E-state index in [0.29, 0.717) is 22.3 Å². The molecule has 0 fully saturated rings. The van der Waals surface area contributed by atoms with Gasteiger partial charge in [-0.05, 0) is 24.1 Å². The zero-order valence-corrected chi connectivity index (χ0v) is 13.6. The van der Waals surface area contributed by atoms with Crippen molar-refractivity contribution in [2.45, 2.75) is 26.3 Å². The Balaban J connectivity index is 2.33. The third-order valence-electron chi connectivity index (χ3n) is 3.69. The van der Waals surface area contributed by atoms with Gasteiger partial charge in [0.1, 0.15) is 11.7 Å². The summed E-state index contributed by atoms with van der Waals surface area (Å²) in [5.74, 6) is -1.82. The maximum Gasteiger partial charge on any atom is 0.326 e. The Hall–Kier alpha value is -1.72. The van der Waals surface area contributed by atoms with E-state index in [4.69, 9.17) is 23.2 Å². The third-order valence-corrected chi connectivity index (χ3v) is 4.32. The van der Waals surface area contributed by atoms with Gasteiger partial charge in [0, 0.05) is 15.9 Å². The molecule has 5 nitrogen and oxygen atoms in total. The molecule has 2 aromatic rings. The average molecular weight is 343 g/mol. The first-order valence-electron chi connectivity index (χ1n) is 6.85. The highest BCUT2D eigenvalue weighted by Crippen LogP contribution is 2.29. The summed E-state index contributed by atoms with van der Waals surface area (Å²) < 4.78 is 0. The van der Waals surface area contributed by atoms with E-state index in [1.165, 1.54) is 0 Å². The Morgan fingerprint density at radius 1 is 1.36 bits per heavy atom. The molecule has 7 heteroatoms. The summed E-state index contributed by atoms with van der Waals surface area (Å²) >= 11 is 12.1. The van der Waals surface area contributed by atoms with Crippen LogP contribution in [0.15, 0.2) is 18.2 Å². The van der Waals surface area contributed by atoms with Crippen LogP contribution in [-0.2, 0) is 4.79 Å². The number of fused-ring (bicyclic) bond motifs is 1. The molecule has 0 aliphatic rings. The van der Waals surface area contributed by atoms with Crippen LogP contribution in [0.3, 0.4) is 0 Å². The van der Waals surface area contributed by atoms with E-state index in [0.717, 1.165) is 0 Å². The number of carbonyl (C=O) groups excluding carboxylic acids is 1. The van der Waals surface area contributed by atoms with Gasteiger partial charge in [0.15, 0.2) is 0 Å². The van der Waals surface area contributed by atoms with Gasteiger partial charge in [-0.1, -0.05) is 43.5 Å². The molecule has 1 heterocycles. The Bertz CT molecular complexity index is 727. The summed E-state index contributed by atoms with van der Waals surface area (Å²) in [6.07, 6.45) is 0.632. The SMILES string of the molecule is CC[C@H](C)[C@H](NC(=O)c1[nH]c2ccc(Cl)cc2c1Cl)C(=O)O. The van der Waals surface area contributed by atoms with Gasteiger partial charge in [0.2, 0.25) is 0 Å². The van der Waals surface area contributed by atoms with Gasteiger partial charge in [-0.2, -0.15) is 0 Å². The van der Waals surface area contributed by atoms with Gasteiger partial charge in [-0.15, -0.1) is 0 Å². The van der Waals surface area contributed by atoms with Crippen molar-refractivity contribution in [2.75, 3.05) is 0 Å². The molecule has 0 bridgehead atoms. The first kappa shape index (κ1) is 16.6. The minimum Gasteiger partial charge on any atom is -0.480 e. The molecule has 0 spiro atoms. The first-order valence-corrected chi connectivity index (χ1v) is 7.61. The number of H-pyrrole nitrogens is 1. The number of aliphatic carboxylic acids is 1. The van der Waals surface area contributed by atoms with E-state index in [2.05, 4.69) is 10.3 Å². The molecule has 0 aliphatic heterocycles. The molecule has 0 radical (unpaired) electrons. The molecular formula is C15H16Cl2N2O3. The summed E-state index contributed by atoms with van der Waals surface area (Å²) in [4.78, 5) is 26.5. The molecule has 0 saturated carbocycles. The minimum atomic E-state index is -1.07. The normalized spacial score (nSPS) is 13.8. The van der Waals surface area contributed by atoms with E-state index < -0.39 is 17.9 Å². The number of halogens is 2. The van der Waals surface area contributed by atoms with Gasteiger partial charge in [-0.3, -0.25) is 4.79 Å². The lowest BCUT2D eigenvalue weighted by atomic mass is 9.99. The predicted molar refractivity (Wildman–Crippen MR) is 86.7 cm³/mol. The highest BCUT2D eigenvalue weighted by Gasteiger charge is 2.27. The number of hydrogen-bond donors (Lipinski definition) is 3. The van der Waals surface area contributed by atoms with Gasteiger partial charge in [0.25, 0.3) is 5.91 Å². The Labute approximate surface area is 137 Å². The zero-order valence-electron chi connectivity index (χ0n) is 12.1. The Morgan fingerprint density at radius 3 is 2.64 bits per heavy atom. The summed E-state index contributed by atoms with van der Waals surface area (Å²) in [5.41, 5.74) is 0.795. The molecule has 22 heavy (non-hydrogen) atoms. The standard InChI is InChI=1S/C15H16Cl2N2O3/c1-3-7(2)12(15(21)22)19-14(20)13-11(17)9-6-8(16)4-5-10(9)18-13/h4-7,12,18H,3H2,1-2H3,(H,19,20)(H,21,22)/t7-,12-/m0/s1. The summed E-state index contributed by atoms with van der Waals surface area (Å²) in [6.45, 7) is 3.64. The molecule has 0 unspecified atom stereocenters. The predicted octanol–water partition coefficient (Wildman–Crippen LogP) is 3.70. The first-order chi connectivity index (χ1) is 10.3. The van der Waals surface area contributed by atoms with E-state index in [-0.39, 0.29) is 16.6 Å². The van der Waals surface area contributed by atoms with Crippen LogP contribution in [0.2, 0.25) is 10.0 Å². The van der Waals surface area contributed by atoms with Crippen LogP contribution in [0.1, 0.15) is 30.8 Å². The number of amides is 1. The lowest BCUT2D eigenvalue weighted by molar-refractivity contribution is -0.140. The maximum absolute atomic E-state index is 12.3. The van der Waals surface area contributed by atoms with Crippen molar-refractivity contribution in [1.82, 2.24) is 10.3 Å². The molecule has 2 atom stereocenters. The number of nitrogens with one attached hydrogen (secondary N) is 2. The lowest BCUT2D eigenvalue weighted by Crippen LogP contribution is -2.45. The average Bonchev–Trinajstić information content (AvgIpc) is 2.80. The quantitative estimate of drug-likeness (QED) is 0.774. The molecule has 118 valence electrons. The van der Waals surface area contributed by atoms with Gasteiger partial charge in [0.05, 0.1) is 5.02 Å². The van der Waals surface area contributed by atoms with Crippen molar-refractivity contribution < 1.29 is 14.7 Å². The van der Waals surface area contributed by atoms with Crippen molar-refractivity contribution in [1.29, 1.82) is 0 Å². The van der Waals surface area contributed by atoms with Crippen LogP contribution < -0.4 is 5.32 Å². The minimum absolute atomic E-state index is 0.133. The fourth-order valence-electron chi connectivity index (χ4n) is 2.18. The molecule has 1 aromatic carbocycles. The number of carboxylic acids is 1. The van der Waals surface area contributed by atoms with E-state index >= 15 is 0 Å². The van der Waals surface area contributed by atoms with Gasteiger partial charge in [-0.25, -0.2) is 4.79 Å². The second kappa shape index (κ2) is 6.58. The molecule has 0 saturated heterocycles. The van der Waals surface area contributed by atoms with Crippen molar-refractivity contribution in [3.63, 3.8) is 0 Å². The smallest absolute Gasteiger partial charge is 0.326 e. The van der Waals surface area contributed by atoms with Crippen molar-refractivity contribution in [3.8, 4) is 0 Å². The number of carboxylic acid groups (broad SMARTS) is 1. The highest BCUT2D eigenvalue weighted by molar-refractivity contribution is 6.39. The largest absolute Gasteiger partial charge is 0.480 e. The van der Waals surface area contributed by atoms with Crippen LogP contribution in [0.25, 0.3) is 10.9 Å². The second-order valence-corrected chi connectivity index (χ2v) is 5.99. The molecular weight excluding hydrogens is 327 g/mol. The van der Waals surface area contributed by atoms with Crippen molar-refractivity contribution in [2.24, 2.45) is 5.92 Å². The fraction of sp³-hybridized carbons (Fsp3) is 0.333. The van der Waals surface area contributed by atoms with Crippen molar-refractivity contribution >= 4 is 46.0 Å². The van der Waals surface area contributed by atoms with Crippen LogP contribution in [0.5, 0.6) is 0 Å². The second-order valence-electron chi connectivity index (χ2n) is 5.18. The number of carbonyl (C=O) groups is 2. The van der Waals surface area contributed by atoms with Gasteiger partial charge < -0.3 is 15.4 Å². The van der Waals surface area contributed by atoms with Gasteiger partial charge >= 0.3 is 5.97 Å². The number of rotatable bonds is 5. The van der Waals surface area contributed by atoms with E-state index in [9.17, 15) is 14.7 Å². The molecule has 2 rings (SSSR count). The fourth-order valence-corrected chi connectivity index (χ4v) is 2.65. The number of aromatic amines is 1. The van der Waals surface area contributed by atoms with Crippen LogP contribution in [0, 0.1) is 5.92 Å². The van der Waals surface area contributed by atoms with Crippen molar-refractivity contribution in [3.05, 3.63) is 33.9 Å². The summed E-state index contributed by atoms with van der Waals surface area (Å²) in [6, 6.07) is 4.07. The number of benzene rings is 1. The highest BCUT2D eigenvalue weighted by atomic mass is 35.5. The number of hydrogen-bond acceptors (Lipinski definition) is 2. The van der Waals surface area contributed by atoms with E-state index in [1.807, 2.05) is 6.92 Å². The monoisotopic (exact) mass is 342 g/mol. The zero-order chi connectivity index (χ0) is 16.4. The molecule has 1 amide bonds. The molecule has 0 aliphatic carbocycles. The summed E-state index contributed by atoms with van der Waals surface area (Å²) in [5, 5.41) is 13.1. The number of aromatic nitrogens is 1. The van der Waals surface area contributed by atoms with Crippen LogP contribution in [0.4, 0.5) is 0 Å². The maximum atomic E-state index is 12.3. The molecule has 3 N–H and O–H groups in total. The molecule has 1 aromatic heterocycles. The Kier molecular flexibility index (Phi) is 4.98. The third kappa shape index (κ3) is 3.20.